The second-order valence-corrected chi connectivity index (χ2v) is 3.38. The van der Waals surface area contributed by atoms with Gasteiger partial charge in [-0.05, 0) is 11.7 Å². The highest BCUT2D eigenvalue weighted by Gasteiger charge is 2.22. The van der Waals surface area contributed by atoms with Crippen LogP contribution < -0.4 is 0 Å². The minimum absolute atomic E-state index is 0.243. The van der Waals surface area contributed by atoms with E-state index >= 15 is 0 Å². The largest absolute Gasteiger partial charge is 0.235 e. The van der Waals surface area contributed by atoms with Crippen molar-refractivity contribution >= 4 is 17.8 Å². The van der Waals surface area contributed by atoms with Crippen molar-refractivity contribution in [3.05, 3.63) is 0 Å². The number of thioether (sulfide) groups is 1. The lowest BCUT2D eigenvalue weighted by Crippen LogP contribution is -2.11. The van der Waals surface area contributed by atoms with E-state index in [1.54, 1.807) is 6.08 Å². The van der Waals surface area contributed by atoms with E-state index in [0.29, 0.717) is 5.92 Å². The molecular weight excluding hydrogens is 134 g/mol. The van der Waals surface area contributed by atoms with Gasteiger partial charge in [0.1, 0.15) is 0 Å². The van der Waals surface area contributed by atoms with Crippen molar-refractivity contribution < 1.29 is 4.79 Å². The fraction of sp³-hybridized carbons (Fsp3) is 0.833. The summed E-state index contributed by atoms with van der Waals surface area (Å²) in [6.45, 7) is 2.12. The molecule has 0 aliphatic carbocycles. The highest BCUT2D eigenvalue weighted by Crippen LogP contribution is 2.25. The van der Waals surface area contributed by atoms with E-state index in [-0.39, 0.29) is 6.04 Å². The molecule has 2 atom stereocenters. The Bertz CT molecular complexity index is 142. The number of carbonyl (C=O) groups excluding carboxylic acids is 1. The molecule has 0 aromatic rings. The van der Waals surface area contributed by atoms with Crippen molar-refractivity contribution in [3.8, 4) is 0 Å². The van der Waals surface area contributed by atoms with Crippen molar-refractivity contribution in [2.45, 2.75) is 13.0 Å². The molecule has 1 saturated heterocycles. The maximum absolute atomic E-state index is 9.81. The molecule has 0 N–H and O–H groups in total. The monoisotopic (exact) mass is 143 g/mol. The Morgan fingerprint density at radius 1 is 1.67 bits per heavy atom. The Morgan fingerprint density at radius 2 is 2.44 bits per heavy atom. The molecule has 1 fully saturated rings. The molecule has 0 aromatic heterocycles. The first-order chi connectivity index (χ1) is 4.34. The second kappa shape index (κ2) is 3.04. The molecule has 0 bridgehead atoms. The molecule has 0 radical (unpaired) electrons. The summed E-state index contributed by atoms with van der Waals surface area (Å²) in [6.07, 6.45) is 1.60. The number of nitrogens with zero attached hydrogens (tertiary/aromatic N) is 1. The van der Waals surface area contributed by atoms with E-state index in [9.17, 15) is 4.79 Å². The minimum atomic E-state index is 0.243. The van der Waals surface area contributed by atoms with Gasteiger partial charge >= 0.3 is 0 Å². The Balaban J connectivity index is 2.49. The lowest BCUT2D eigenvalue weighted by molar-refractivity contribution is 0.535. The summed E-state index contributed by atoms with van der Waals surface area (Å²) < 4.78 is 0. The Hall–Kier alpha value is -0.270. The maximum Gasteiger partial charge on any atom is 0.235 e. The third-order valence-corrected chi connectivity index (χ3v) is 2.88. The van der Waals surface area contributed by atoms with Crippen molar-refractivity contribution in [2.75, 3.05) is 11.5 Å². The average Bonchev–Trinajstić information content (AvgIpc) is 2.18. The Kier molecular flexibility index (Phi) is 2.31. The van der Waals surface area contributed by atoms with Crippen LogP contribution in [0.3, 0.4) is 0 Å². The first-order valence-electron chi connectivity index (χ1n) is 2.99. The third-order valence-electron chi connectivity index (χ3n) is 1.54. The van der Waals surface area contributed by atoms with Crippen LogP contribution in [0, 0.1) is 5.92 Å². The topological polar surface area (TPSA) is 29.4 Å². The second-order valence-electron chi connectivity index (χ2n) is 2.30. The molecule has 0 saturated carbocycles. The van der Waals surface area contributed by atoms with Crippen LogP contribution in [0.15, 0.2) is 4.99 Å². The lowest BCUT2D eigenvalue weighted by atomic mass is 10.1. The highest BCUT2D eigenvalue weighted by atomic mass is 32.2. The zero-order chi connectivity index (χ0) is 6.69. The predicted octanol–water partition coefficient (Wildman–Crippen LogP) is 1.07. The predicted molar refractivity (Wildman–Crippen MR) is 38.4 cm³/mol. The third kappa shape index (κ3) is 1.57. The van der Waals surface area contributed by atoms with Gasteiger partial charge in [-0.1, -0.05) is 6.92 Å². The smallest absolute Gasteiger partial charge is 0.211 e. The lowest BCUT2D eigenvalue weighted by Gasteiger charge is -2.03. The molecule has 50 valence electrons. The Labute approximate surface area is 58.7 Å². The maximum atomic E-state index is 9.81. The fourth-order valence-electron chi connectivity index (χ4n) is 0.882. The van der Waals surface area contributed by atoms with Gasteiger partial charge in [-0.3, -0.25) is 0 Å². The van der Waals surface area contributed by atoms with Crippen LogP contribution in [0.5, 0.6) is 0 Å². The van der Waals surface area contributed by atoms with Gasteiger partial charge in [0.15, 0.2) is 0 Å². The normalized spacial score (nSPS) is 33.9. The van der Waals surface area contributed by atoms with E-state index < -0.39 is 0 Å². The van der Waals surface area contributed by atoms with Gasteiger partial charge in [0, 0.05) is 5.75 Å². The van der Waals surface area contributed by atoms with Crippen LogP contribution in [0.4, 0.5) is 0 Å². The van der Waals surface area contributed by atoms with Gasteiger partial charge in [-0.15, -0.1) is 0 Å². The van der Waals surface area contributed by atoms with E-state index in [2.05, 4.69) is 11.9 Å². The minimum Gasteiger partial charge on any atom is -0.211 e. The van der Waals surface area contributed by atoms with E-state index in [1.165, 1.54) is 0 Å². The van der Waals surface area contributed by atoms with Crippen LogP contribution in [0.25, 0.3) is 0 Å². The quantitative estimate of drug-likeness (QED) is 0.406. The van der Waals surface area contributed by atoms with E-state index in [0.717, 1.165) is 11.5 Å². The summed E-state index contributed by atoms with van der Waals surface area (Å²) in [7, 11) is 0. The van der Waals surface area contributed by atoms with Gasteiger partial charge in [-0.25, -0.2) is 9.79 Å². The van der Waals surface area contributed by atoms with Crippen molar-refractivity contribution in [1.82, 2.24) is 0 Å². The molecule has 1 heterocycles. The first-order valence-corrected chi connectivity index (χ1v) is 4.15. The summed E-state index contributed by atoms with van der Waals surface area (Å²) in [6, 6.07) is 0.243. The van der Waals surface area contributed by atoms with Gasteiger partial charge in [0.05, 0.1) is 6.04 Å². The van der Waals surface area contributed by atoms with Crippen molar-refractivity contribution in [2.24, 2.45) is 10.9 Å². The molecule has 0 spiro atoms. The highest BCUT2D eigenvalue weighted by molar-refractivity contribution is 7.99. The number of hydrogen-bond acceptors (Lipinski definition) is 3. The van der Waals surface area contributed by atoms with E-state index in [4.69, 9.17) is 0 Å². The number of isocyanates is 1. The standard InChI is InChI=1S/C6H9NOS/c1-5-2-9-3-6(5)7-4-8/h5-6H,2-3H2,1H3. The van der Waals surface area contributed by atoms with Crippen LogP contribution >= 0.6 is 11.8 Å². The molecule has 1 rings (SSSR count). The van der Waals surface area contributed by atoms with Crippen molar-refractivity contribution in [1.29, 1.82) is 0 Å². The molecule has 1 aliphatic rings. The first kappa shape index (κ1) is 6.84. The average molecular weight is 143 g/mol. The van der Waals surface area contributed by atoms with Crippen molar-refractivity contribution in [3.63, 3.8) is 0 Å². The molecule has 9 heavy (non-hydrogen) atoms. The van der Waals surface area contributed by atoms with Gasteiger partial charge in [0.2, 0.25) is 6.08 Å². The van der Waals surface area contributed by atoms with E-state index in [1.807, 2.05) is 11.8 Å². The summed E-state index contributed by atoms with van der Waals surface area (Å²) in [5.41, 5.74) is 0. The van der Waals surface area contributed by atoms with Crippen LogP contribution in [-0.2, 0) is 4.79 Å². The number of hydrogen-bond donors (Lipinski definition) is 0. The fourth-order valence-corrected chi connectivity index (χ4v) is 2.26. The van der Waals surface area contributed by atoms with Crippen LogP contribution in [0.1, 0.15) is 6.92 Å². The SMILES string of the molecule is CC1CSCC1N=C=O. The van der Waals surface area contributed by atoms with Gasteiger partial charge in [-0.2, -0.15) is 11.8 Å². The summed E-state index contributed by atoms with van der Waals surface area (Å²) in [5.74, 6) is 2.70. The van der Waals surface area contributed by atoms with Crippen LogP contribution in [-0.4, -0.2) is 23.6 Å². The molecule has 1 aliphatic heterocycles. The van der Waals surface area contributed by atoms with Gasteiger partial charge < -0.3 is 0 Å². The van der Waals surface area contributed by atoms with Gasteiger partial charge in [0.25, 0.3) is 0 Å². The summed E-state index contributed by atoms with van der Waals surface area (Å²) >= 11 is 1.86. The summed E-state index contributed by atoms with van der Waals surface area (Å²) in [5, 5.41) is 0. The zero-order valence-corrected chi connectivity index (χ0v) is 6.15. The molecule has 2 nitrogen and oxygen atoms in total. The number of aliphatic imine (C=N–C) groups is 1. The van der Waals surface area contributed by atoms with Crippen LogP contribution in [0.2, 0.25) is 0 Å². The molecule has 0 amide bonds. The Morgan fingerprint density at radius 3 is 2.89 bits per heavy atom. The molecule has 3 heteroatoms. The molecular formula is C6H9NOS. The molecule has 0 aromatic carbocycles. The number of rotatable bonds is 1. The zero-order valence-electron chi connectivity index (χ0n) is 5.33. The molecule has 2 unspecified atom stereocenters. The summed E-state index contributed by atoms with van der Waals surface area (Å²) in [4.78, 5) is 13.5.